The lowest BCUT2D eigenvalue weighted by atomic mass is 9.97. The Balaban J connectivity index is 2.63. The van der Waals surface area contributed by atoms with Gasteiger partial charge in [0.15, 0.2) is 0 Å². The van der Waals surface area contributed by atoms with Crippen LogP contribution >= 0.6 is 11.6 Å². The molecule has 0 heterocycles. The van der Waals surface area contributed by atoms with E-state index in [1.54, 1.807) is 7.11 Å². The molecule has 18 heavy (non-hydrogen) atoms. The molecule has 1 rings (SSSR count). The highest BCUT2D eigenvalue weighted by atomic mass is 35.5. The fourth-order valence-corrected chi connectivity index (χ4v) is 2.42. The first-order valence-corrected chi connectivity index (χ1v) is 6.94. The summed E-state index contributed by atoms with van der Waals surface area (Å²) in [4.78, 5) is 0. The minimum Gasteiger partial charge on any atom is -0.496 e. The molecule has 1 aromatic rings. The largest absolute Gasteiger partial charge is 0.496 e. The Hall–Kier alpha value is -0.730. The summed E-state index contributed by atoms with van der Waals surface area (Å²) in [6.45, 7) is 4.51. The molecular weight excluding hydrogens is 246 g/mol. The summed E-state index contributed by atoms with van der Waals surface area (Å²) in [6.07, 6.45) is 3.28. The standard InChI is InChI=1S/C15H24ClNO/c1-11(2)9-14(17-3)7-5-12-10-13(16)6-8-15(12)18-4/h6,8,10-11,14,17H,5,7,9H2,1-4H3. The van der Waals surface area contributed by atoms with E-state index < -0.39 is 0 Å². The highest BCUT2D eigenvalue weighted by Gasteiger charge is 2.11. The van der Waals surface area contributed by atoms with Crippen molar-refractivity contribution in [2.75, 3.05) is 14.2 Å². The summed E-state index contributed by atoms with van der Waals surface area (Å²) in [7, 11) is 3.73. The molecule has 1 atom stereocenters. The van der Waals surface area contributed by atoms with E-state index in [9.17, 15) is 0 Å². The lowest BCUT2D eigenvalue weighted by molar-refractivity contribution is 0.399. The van der Waals surface area contributed by atoms with Gasteiger partial charge in [0, 0.05) is 11.1 Å². The van der Waals surface area contributed by atoms with Crippen LogP contribution in [0.2, 0.25) is 5.02 Å². The van der Waals surface area contributed by atoms with Gasteiger partial charge in [0.05, 0.1) is 7.11 Å². The molecule has 3 heteroatoms. The topological polar surface area (TPSA) is 21.3 Å². The maximum Gasteiger partial charge on any atom is 0.122 e. The third-order valence-electron chi connectivity index (χ3n) is 3.17. The third-order valence-corrected chi connectivity index (χ3v) is 3.40. The van der Waals surface area contributed by atoms with Crippen LogP contribution in [0, 0.1) is 5.92 Å². The number of methoxy groups -OCH3 is 1. The van der Waals surface area contributed by atoms with Crippen molar-refractivity contribution in [2.24, 2.45) is 5.92 Å². The molecule has 102 valence electrons. The summed E-state index contributed by atoms with van der Waals surface area (Å²) < 4.78 is 5.37. The third kappa shape index (κ3) is 4.87. The number of nitrogens with one attached hydrogen (secondary N) is 1. The van der Waals surface area contributed by atoms with Crippen molar-refractivity contribution in [1.82, 2.24) is 5.32 Å². The fourth-order valence-electron chi connectivity index (χ4n) is 2.22. The SMILES string of the molecule is CNC(CCc1cc(Cl)ccc1OC)CC(C)C. The van der Waals surface area contributed by atoms with Gasteiger partial charge in [-0.25, -0.2) is 0 Å². The van der Waals surface area contributed by atoms with Crippen molar-refractivity contribution >= 4 is 11.6 Å². The van der Waals surface area contributed by atoms with E-state index in [-0.39, 0.29) is 0 Å². The highest BCUT2D eigenvalue weighted by molar-refractivity contribution is 6.30. The molecule has 0 aliphatic heterocycles. The van der Waals surface area contributed by atoms with Gasteiger partial charge in [-0.2, -0.15) is 0 Å². The van der Waals surface area contributed by atoms with E-state index in [4.69, 9.17) is 16.3 Å². The van der Waals surface area contributed by atoms with E-state index in [0.717, 1.165) is 23.6 Å². The summed E-state index contributed by atoms with van der Waals surface area (Å²) in [5.74, 6) is 1.64. The molecule has 1 aromatic carbocycles. The summed E-state index contributed by atoms with van der Waals surface area (Å²) in [5, 5.41) is 4.16. The Morgan fingerprint density at radius 3 is 2.61 bits per heavy atom. The molecule has 0 amide bonds. The highest BCUT2D eigenvalue weighted by Crippen LogP contribution is 2.24. The van der Waals surface area contributed by atoms with E-state index in [1.165, 1.54) is 12.0 Å². The maximum atomic E-state index is 6.04. The van der Waals surface area contributed by atoms with Crippen LogP contribution in [0.1, 0.15) is 32.3 Å². The van der Waals surface area contributed by atoms with Crippen molar-refractivity contribution in [3.05, 3.63) is 28.8 Å². The molecule has 0 bridgehead atoms. The molecule has 0 spiro atoms. The van der Waals surface area contributed by atoms with Crippen LogP contribution in [0.15, 0.2) is 18.2 Å². The van der Waals surface area contributed by atoms with Crippen molar-refractivity contribution in [2.45, 2.75) is 39.2 Å². The normalized spacial score (nSPS) is 12.8. The maximum absolute atomic E-state index is 6.04. The molecular formula is C15H24ClNO. The molecule has 0 saturated carbocycles. The number of aryl methyl sites for hydroxylation is 1. The zero-order chi connectivity index (χ0) is 13.5. The van der Waals surface area contributed by atoms with Gasteiger partial charge in [-0.05, 0) is 56.0 Å². The van der Waals surface area contributed by atoms with Crippen LogP contribution in [0.4, 0.5) is 0 Å². The molecule has 0 aromatic heterocycles. The van der Waals surface area contributed by atoms with Crippen LogP contribution in [0.3, 0.4) is 0 Å². The van der Waals surface area contributed by atoms with Gasteiger partial charge >= 0.3 is 0 Å². The zero-order valence-corrected chi connectivity index (χ0v) is 12.6. The average Bonchev–Trinajstić information content (AvgIpc) is 2.34. The average molecular weight is 270 g/mol. The van der Waals surface area contributed by atoms with Crippen LogP contribution in [0.25, 0.3) is 0 Å². The minimum absolute atomic E-state index is 0.550. The summed E-state index contributed by atoms with van der Waals surface area (Å²) in [6, 6.07) is 6.36. The Labute approximate surface area is 116 Å². The molecule has 1 N–H and O–H groups in total. The van der Waals surface area contributed by atoms with Crippen LogP contribution in [-0.4, -0.2) is 20.2 Å². The number of hydrogen-bond donors (Lipinski definition) is 1. The summed E-state index contributed by atoms with van der Waals surface area (Å²) >= 11 is 6.04. The van der Waals surface area contributed by atoms with Gasteiger partial charge in [0.2, 0.25) is 0 Å². The fraction of sp³-hybridized carbons (Fsp3) is 0.600. The van der Waals surface area contributed by atoms with Gasteiger partial charge in [-0.1, -0.05) is 25.4 Å². The first kappa shape index (κ1) is 15.3. The van der Waals surface area contributed by atoms with E-state index >= 15 is 0 Å². The Morgan fingerprint density at radius 2 is 2.06 bits per heavy atom. The second kappa shape index (κ2) is 7.65. The minimum atomic E-state index is 0.550. The first-order valence-electron chi connectivity index (χ1n) is 6.56. The van der Waals surface area contributed by atoms with Crippen molar-refractivity contribution in [1.29, 1.82) is 0 Å². The Kier molecular flexibility index (Phi) is 6.51. The predicted molar refractivity (Wildman–Crippen MR) is 78.6 cm³/mol. The molecule has 0 radical (unpaired) electrons. The van der Waals surface area contributed by atoms with Gasteiger partial charge < -0.3 is 10.1 Å². The monoisotopic (exact) mass is 269 g/mol. The van der Waals surface area contributed by atoms with Crippen LogP contribution in [0.5, 0.6) is 5.75 Å². The van der Waals surface area contributed by atoms with E-state index in [2.05, 4.69) is 19.2 Å². The molecule has 0 aliphatic rings. The second-order valence-electron chi connectivity index (χ2n) is 5.11. The lowest BCUT2D eigenvalue weighted by Gasteiger charge is -2.19. The number of rotatable bonds is 7. The Morgan fingerprint density at radius 1 is 1.33 bits per heavy atom. The first-order chi connectivity index (χ1) is 8.56. The lowest BCUT2D eigenvalue weighted by Crippen LogP contribution is -2.27. The zero-order valence-electron chi connectivity index (χ0n) is 11.8. The van der Waals surface area contributed by atoms with Gasteiger partial charge in [-0.3, -0.25) is 0 Å². The Bertz CT molecular complexity index is 366. The van der Waals surface area contributed by atoms with Crippen LogP contribution < -0.4 is 10.1 Å². The number of benzene rings is 1. The second-order valence-corrected chi connectivity index (χ2v) is 5.55. The van der Waals surface area contributed by atoms with Crippen molar-refractivity contribution in [3.8, 4) is 5.75 Å². The van der Waals surface area contributed by atoms with E-state index in [0.29, 0.717) is 12.0 Å². The van der Waals surface area contributed by atoms with Gasteiger partial charge in [0.25, 0.3) is 0 Å². The van der Waals surface area contributed by atoms with Gasteiger partial charge in [0.1, 0.15) is 5.75 Å². The predicted octanol–water partition coefficient (Wildman–Crippen LogP) is 3.92. The molecule has 0 aliphatic carbocycles. The number of halogens is 1. The molecule has 2 nitrogen and oxygen atoms in total. The smallest absolute Gasteiger partial charge is 0.122 e. The number of ether oxygens (including phenoxy) is 1. The van der Waals surface area contributed by atoms with Crippen LogP contribution in [-0.2, 0) is 6.42 Å². The van der Waals surface area contributed by atoms with Crippen molar-refractivity contribution < 1.29 is 4.74 Å². The van der Waals surface area contributed by atoms with Crippen molar-refractivity contribution in [3.63, 3.8) is 0 Å². The molecule has 1 unspecified atom stereocenters. The molecule has 0 saturated heterocycles. The molecule has 0 fully saturated rings. The summed E-state index contributed by atoms with van der Waals surface area (Å²) in [5.41, 5.74) is 1.19. The number of hydrogen-bond acceptors (Lipinski definition) is 2. The van der Waals surface area contributed by atoms with E-state index in [1.807, 2.05) is 25.2 Å². The quantitative estimate of drug-likeness (QED) is 0.810. The van der Waals surface area contributed by atoms with Gasteiger partial charge in [-0.15, -0.1) is 0 Å².